The van der Waals surface area contributed by atoms with Gasteiger partial charge in [-0.3, -0.25) is 15.0 Å². The molecule has 0 saturated carbocycles. The zero-order valence-electron chi connectivity index (χ0n) is 12.9. The van der Waals surface area contributed by atoms with Crippen LogP contribution >= 0.6 is 11.6 Å². The second kappa shape index (κ2) is 6.45. The highest BCUT2D eigenvalue weighted by molar-refractivity contribution is 6.32. The lowest BCUT2D eigenvalue weighted by Gasteiger charge is -2.14. The molecule has 2 aromatic rings. The maximum atomic E-state index is 13.0. The summed E-state index contributed by atoms with van der Waals surface area (Å²) in [4.78, 5) is 24.6. The van der Waals surface area contributed by atoms with Crippen LogP contribution in [-0.2, 0) is 9.59 Å². The van der Waals surface area contributed by atoms with E-state index in [1.54, 1.807) is 0 Å². The monoisotopic (exact) mass is 362 g/mol. The molecule has 0 aromatic heterocycles. The van der Waals surface area contributed by atoms with Gasteiger partial charge in [-0.1, -0.05) is 11.6 Å². The van der Waals surface area contributed by atoms with E-state index < -0.39 is 17.6 Å². The summed E-state index contributed by atoms with van der Waals surface area (Å²) in [5, 5.41) is 11.4. The molecular formula is C17H12ClFN2O4. The van der Waals surface area contributed by atoms with E-state index in [9.17, 15) is 19.1 Å². The maximum Gasteiger partial charge on any atom is 0.282 e. The summed E-state index contributed by atoms with van der Waals surface area (Å²) in [6, 6.07) is 7.86. The minimum absolute atomic E-state index is 0.112. The Morgan fingerprint density at radius 3 is 2.56 bits per heavy atom. The number of hydrogen-bond acceptors (Lipinski definition) is 4. The lowest BCUT2D eigenvalue weighted by atomic mass is 10.1. The van der Waals surface area contributed by atoms with Crippen LogP contribution in [0.2, 0.25) is 5.02 Å². The number of phenolic OH excluding ortho intramolecular Hbond substituents is 1. The van der Waals surface area contributed by atoms with Gasteiger partial charge in [0.15, 0.2) is 11.5 Å². The largest absolute Gasteiger partial charge is 0.504 e. The van der Waals surface area contributed by atoms with Crippen molar-refractivity contribution in [3.05, 3.63) is 58.4 Å². The van der Waals surface area contributed by atoms with Gasteiger partial charge in [-0.2, -0.15) is 0 Å². The van der Waals surface area contributed by atoms with Crippen LogP contribution in [0.5, 0.6) is 11.5 Å². The van der Waals surface area contributed by atoms with Gasteiger partial charge in [-0.05, 0) is 36.4 Å². The molecule has 6 nitrogen and oxygen atoms in total. The Morgan fingerprint density at radius 2 is 1.92 bits per heavy atom. The van der Waals surface area contributed by atoms with Gasteiger partial charge in [0.1, 0.15) is 11.4 Å². The van der Waals surface area contributed by atoms with Gasteiger partial charge in [0.05, 0.1) is 12.8 Å². The van der Waals surface area contributed by atoms with E-state index in [0.29, 0.717) is 5.69 Å². The first kappa shape index (κ1) is 16.8. The number of carbonyl (C=O) groups excluding carboxylic acids is 2. The highest BCUT2D eigenvalue weighted by Gasteiger charge is 2.34. The Balaban J connectivity index is 1.99. The zero-order chi connectivity index (χ0) is 18.1. The summed E-state index contributed by atoms with van der Waals surface area (Å²) in [7, 11) is 1.35. The highest BCUT2D eigenvalue weighted by Crippen LogP contribution is 2.35. The molecule has 2 aromatic carbocycles. The van der Waals surface area contributed by atoms with Gasteiger partial charge in [0, 0.05) is 16.7 Å². The summed E-state index contributed by atoms with van der Waals surface area (Å²) < 4.78 is 18.0. The number of carbonyl (C=O) groups is 2. The Hall–Kier alpha value is -3.06. The third-order valence-corrected chi connectivity index (χ3v) is 3.78. The van der Waals surface area contributed by atoms with Crippen LogP contribution in [0.1, 0.15) is 5.56 Å². The fourth-order valence-corrected chi connectivity index (χ4v) is 2.56. The van der Waals surface area contributed by atoms with Crippen molar-refractivity contribution in [1.29, 1.82) is 0 Å². The molecule has 8 heteroatoms. The number of phenols is 1. The van der Waals surface area contributed by atoms with Crippen LogP contribution in [0.4, 0.5) is 10.1 Å². The SMILES string of the molecule is COc1cc(Cl)cc(/C=C2/C(=O)NN(c3ccc(F)cc3)C2=O)c1O. The van der Waals surface area contributed by atoms with Gasteiger partial charge < -0.3 is 9.84 Å². The second-order valence-corrected chi connectivity index (χ2v) is 5.60. The van der Waals surface area contributed by atoms with Crippen molar-refractivity contribution >= 4 is 35.2 Å². The first-order valence-corrected chi connectivity index (χ1v) is 7.47. The molecule has 0 spiro atoms. The van der Waals surface area contributed by atoms with Crippen molar-refractivity contribution in [2.24, 2.45) is 0 Å². The third-order valence-electron chi connectivity index (χ3n) is 3.57. The lowest BCUT2D eigenvalue weighted by Crippen LogP contribution is -2.35. The fraction of sp³-hybridized carbons (Fsp3) is 0.0588. The standard InChI is InChI=1S/C17H12ClFN2O4/c1-25-14-8-10(18)6-9(15(14)22)7-13-16(23)20-21(17(13)24)12-4-2-11(19)3-5-12/h2-8,22H,1H3,(H,20,23)/b13-7-. The predicted molar refractivity (Wildman–Crippen MR) is 89.7 cm³/mol. The quantitative estimate of drug-likeness (QED) is 0.650. The van der Waals surface area contributed by atoms with Gasteiger partial charge >= 0.3 is 0 Å². The third kappa shape index (κ3) is 3.14. The number of benzene rings is 2. The van der Waals surface area contributed by atoms with Crippen molar-refractivity contribution in [3.8, 4) is 11.5 Å². The average molecular weight is 363 g/mol. The number of halogens is 2. The molecule has 0 atom stereocenters. The van der Waals surface area contributed by atoms with Crippen molar-refractivity contribution < 1.29 is 23.8 Å². The van der Waals surface area contributed by atoms with Gasteiger partial charge in [0.25, 0.3) is 11.8 Å². The molecule has 0 unspecified atom stereocenters. The molecule has 1 heterocycles. The van der Waals surface area contributed by atoms with Crippen LogP contribution in [0.15, 0.2) is 42.0 Å². The number of hydrogen-bond donors (Lipinski definition) is 2. The van der Waals surface area contributed by atoms with Gasteiger partial charge in [-0.25, -0.2) is 9.40 Å². The first-order chi connectivity index (χ1) is 11.9. The Kier molecular flexibility index (Phi) is 4.33. The van der Waals surface area contributed by atoms with Crippen LogP contribution in [-0.4, -0.2) is 24.0 Å². The Morgan fingerprint density at radius 1 is 1.24 bits per heavy atom. The Bertz CT molecular complexity index is 896. The van der Waals surface area contributed by atoms with Crippen LogP contribution in [0, 0.1) is 5.82 Å². The predicted octanol–water partition coefficient (Wildman–Crippen LogP) is 2.65. The summed E-state index contributed by atoms with van der Waals surface area (Å²) >= 11 is 5.95. The summed E-state index contributed by atoms with van der Waals surface area (Å²) in [6.07, 6.45) is 1.21. The number of anilines is 1. The van der Waals surface area contributed by atoms with E-state index in [1.165, 1.54) is 49.6 Å². The molecule has 1 aliphatic rings. The number of ether oxygens (including phenoxy) is 1. The second-order valence-electron chi connectivity index (χ2n) is 5.16. The molecule has 0 radical (unpaired) electrons. The van der Waals surface area contributed by atoms with Gasteiger partial charge in [-0.15, -0.1) is 0 Å². The van der Waals surface area contributed by atoms with Crippen molar-refractivity contribution in [1.82, 2.24) is 5.43 Å². The number of nitrogens with one attached hydrogen (secondary N) is 1. The molecule has 1 saturated heterocycles. The van der Waals surface area contributed by atoms with E-state index in [4.69, 9.17) is 16.3 Å². The van der Waals surface area contributed by atoms with Gasteiger partial charge in [0.2, 0.25) is 0 Å². The smallest absolute Gasteiger partial charge is 0.282 e. The average Bonchev–Trinajstić information content (AvgIpc) is 2.86. The van der Waals surface area contributed by atoms with Crippen molar-refractivity contribution in [2.45, 2.75) is 0 Å². The molecule has 1 fully saturated rings. The van der Waals surface area contributed by atoms with E-state index >= 15 is 0 Å². The fourth-order valence-electron chi connectivity index (χ4n) is 2.34. The molecule has 2 N–H and O–H groups in total. The van der Waals surface area contributed by atoms with Crippen LogP contribution in [0.3, 0.4) is 0 Å². The molecule has 128 valence electrons. The molecule has 1 aliphatic heterocycles. The zero-order valence-corrected chi connectivity index (χ0v) is 13.7. The van der Waals surface area contributed by atoms with E-state index in [2.05, 4.69) is 5.43 Å². The molecule has 2 amide bonds. The minimum atomic E-state index is -0.660. The molecule has 3 rings (SSSR count). The summed E-state index contributed by atoms with van der Waals surface area (Å²) in [5.41, 5.74) is 2.63. The van der Waals surface area contributed by atoms with Crippen molar-refractivity contribution in [3.63, 3.8) is 0 Å². The maximum absolute atomic E-state index is 13.0. The number of nitrogens with zero attached hydrogens (tertiary/aromatic N) is 1. The molecular weight excluding hydrogens is 351 g/mol. The van der Waals surface area contributed by atoms with Crippen LogP contribution in [0.25, 0.3) is 6.08 Å². The van der Waals surface area contributed by atoms with E-state index in [0.717, 1.165) is 5.01 Å². The number of methoxy groups -OCH3 is 1. The topological polar surface area (TPSA) is 78.9 Å². The first-order valence-electron chi connectivity index (χ1n) is 7.10. The highest BCUT2D eigenvalue weighted by atomic mass is 35.5. The number of hydrazine groups is 1. The molecule has 0 aliphatic carbocycles. The Labute approximate surface area is 147 Å². The van der Waals surface area contributed by atoms with E-state index in [-0.39, 0.29) is 27.7 Å². The number of amides is 2. The lowest BCUT2D eigenvalue weighted by molar-refractivity contribution is -0.117. The minimum Gasteiger partial charge on any atom is -0.504 e. The molecule has 0 bridgehead atoms. The van der Waals surface area contributed by atoms with Crippen molar-refractivity contribution in [2.75, 3.05) is 12.1 Å². The van der Waals surface area contributed by atoms with Crippen LogP contribution < -0.4 is 15.2 Å². The molecule has 25 heavy (non-hydrogen) atoms. The summed E-state index contributed by atoms with van der Waals surface area (Å²) in [6.45, 7) is 0. The normalized spacial score (nSPS) is 15.6. The summed E-state index contributed by atoms with van der Waals surface area (Å²) in [5.74, 6) is -1.91. The van der Waals surface area contributed by atoms with E-state index in [1.807, 2.05) is 0 Å². The number of rotatable bonds is 3. The number of aromatic hydroxyl groups is 1.